The van der Waals surface area contributed by atoms with E-state index in [1.807, 2.05) is 0 Å². The predicted molar refractivity (Wildman–Crippen MR) is 162 cm³/mol. The highest BCUT2D eigenvalue weighted by atomic mass is 35.5. The Morgan fingerprint density at radius 1 is 0.725 bits per heavy atom. The number of hydrogen-bond donors (Lipinski definition) is 2. The van der Waals surface area contributed by atoms with E-state index in [4.69, 9.17) is 32.7 Å². The summed E-state index contributed by atoms with van der Waals surface area (Å²) >= 11 is 15.9. The second kappa shape index (κ2) is 14.1. The summed E-state index contributed by atoms with van der Waals surface area (Å²) in [6.07, 6.45) is 0. The van der Waals surface area contributed by atoms with E-state index in [-0.39, 0.29) is 46.1 Å². The molecule has 0 aromatic heterocycles. The fourth-order valence-corrected chi connectivity index (χ4v) is 8.89. The van der Waals surface area contributed by atoms with Gasteiger partial charge in [0.15, 0.2) is 13.2 Å². The highest BCUT2D eigenvalue weighted by molar-refractivity contribution is 7.99. The zero-order valence-corrected chi connectivity index (χ0v) is 26.0. The molecule has 2 heterocycles. The molecule has 17 heteroatoms. The van der Waals surface area contributed by atoms with Crippen molar-refractivity contribution in [1.82, 2.24) is 8.61 Å². The van der Waals surface area contributed by atoms with Crippen molar-refractivity contribution < 1.29 is 31.1 Å². The lowest BCUT2D eigenvalue weighted by Crippen LogP contribution is -2.41. The molecule has 0 atom stereocenters. The molecule has 0 radical (unpaired) electrons. The Morgan fingerprint density at radius 3 is 1.45 bits per heavy atom. The quantitative estimate of drug-likeness (QED) is 0.348. The molecule has 2 fully saturated rings. The molecule has 220 valence electrons. The zero-order valence-electron chi connectivity index (χ0n) is 21.2. The summed E-state index contributed by atoms with van der Waals surface area (Å²) in [5, 5.41) is 0.264. The minimum absolute atomic E-state index is 0.132. The van der Waals surface area contributed by atoms with Crippen molar-refractivity contribution in [2.24, 2.45) is 0 Å². The molecule has 11 nitrogen and oxygen atoms in total. The number of nitrogens with zero attached hydrogens (tertiary/aromatic N) is 2. The van der Waals surface area contributed by atoms with Crippen LogP contribution in [0.3, 0.4) is 0 Å². The number of halogens is 2. The van der Waals surface area contributed by atoms with E-state index in [1.165, 1.54) is 45.0 Å². The minimum Gasteiger partial charge on any atom is -0.484 e. The summed E-state index contributed by atoms with van der Waals surface area (Å²) in [6.45, 7) is 1.05. The van der Waals surface area contributed by atoms with Gasteiger partial charge in [-0.05, 0) is 36.4 Å². The normalized spacial score (nSPS) is 17.2. The minimum atomic E-state index is -3.69. The van der Waals surface area contributed by atoms with Crippen LogP contribution in [0.5, 0.6) is 11.5 Å². The van der Waals surface area contributed by atoms with Crippen LogP contribution in [0.25, 0.3) is 0 Å². The maximum Gasteiger partial charge on any atom is 0.301 e. The first-order valence-corrected chi connectivity index (χ1v) is 18.1. The Hall–Kier alpha value is -1.59. The van der Waals surface area contributed by atoms with E-state index in [2.05, 4.69) is 9.44 Å². The van der Waals surface area contributed by atoms with Gasteiger partial charge in [0.25, 0.3) is 0 Å². The molecule has 0 amide bonds. The number of ketones is 1. The third kappa shape index (κ3) is 8.71. The maximum absolute atomic E-state index is 12.6. The van der Waals surface area contributed by atoms with Crippen LogP contribution >= 0.6 is 46.7 Å². The monoisotopic (exact) mass is 670 g/mol. The number of hydrogen-bond acceptors (Lipinski definition) is 9. The number of thioether (sulfide) groups is 2. The Kier molecular flexibility index (Phi) is 11.0. The Balaban J connectivity index is 1.25. The van der Waals surface area contributed by atoms with Gasteiger partial charge in [0.1, 0.15) is 11.5 Å². The maximum atomic E-state index is 12.6. The Labute approximate surface area is 252 Å². The van der Waals surface area contributed by atoms with Crippen LogP contribution in [-0.4, -0.2) is 93.6 Å². The summed E-state index contributed by atoms with van der Waals surface area (Å²) in [4.78, 5) is 12.3. The fourth-order valence-electron chi connectivity index (χ4n) is 3.72. The molecule has 2 aromatic rings. The van der Waals surface area contributed by atoms with E-state index in [0.29, 0.717) is 26.2 Å². The number of anilines is 2. The molecule has 0 aliphatic carbocycles. The van der Waals surface area contributed by atoms with Gasteiger partial charge in [0, 0.05) is 49.2 Å². The molecule has 4 rings (SSSR count). The number of carbonyl (C=O) groups is 1. The second-order valence-electron chi connectivity index (χ2n) is 8.64. The molecule has 0 bridgehead atoms. The van der Waals surface area contributed by atoms with Gasteiger partial charge in [0.05, 0.1) is 21.4 Å². The largest absolute Gasteiger partial charge is 0.484 e. The number of benzene rings is 2. The number of rotatable bonds is 12. The standard InChI is InChI=1S/C23H28Cl2N4O7S4/c24-20-13-17(26-39(31,32)28-5-9-37-10-6-28)1-3-22(20)35-15-19(30)16-36-23-4-2-18(14-21(23)25)27-40(33,34)29-7-11-38-12-8-29/h1-4,13-14,26-27H,5-12,15-16H2. The summed E-state index contributed by atoms with van der Waals surface area (Å²) in [6, 6.07) is 8.76. The van der Waals surface area contributed by atoms with Crippen molar-refractivity contribution in [3.8, 4) is 11.5 Å². The van der Waals surface area contributed by atoms with Crippen LogP contribution in [-0.2, 0) is 25.2 Å². The topological polar surface area (TPSA) is 134 Å². The first-order valence-electron chi connectivity index (χ1n) is 12.1. The van der Waals surface area contributed by atoms with Crippen LogP contribution < -0.4 is 18.9 Å². The van der Waals surface area contributed by atoms with Crippen molar-refractivity contribution >= 4 is 84.3 Å². The van der Waals surface area contributed by atoms with E-state index in [1.54, 1.807) is 23.5 Å². The molecule has 0 saturated carbocycles. The lowest BCUT2D eigenvalue weighted by atomic mass is 10.3. The van der Waals surface area contributed by atoms with Gasteiger partial charge in [-0.3, -0.25) is 14.2 Å². The smallest absolute Gasteiger partial charge is 0.301 e. The van der Waals surface area contributed by atoms with E-state index < -0.39 is 26.2 Å². The summed E-state index contributed by atoms with van der Waals surface area (Å²) < 4.78 is 69.0. The fraction of sp³-hybridized carbons (Fsp3) is 0.435. The second-order valence-corrected chi connectivity index (χ2v) is 15.2. The lowest BCUT2D eigenvalue weighted by Gasteiger charge is -2.26. The van der Waals surface area contributed by atoms with Gasteiger partial charge >= 0.3 is 20.4 Å². The summed E-state index contributed by atoms with van der Waals surface area (Å²) in [5.41, 5.74) is 0.557. The predicted octanol–water partition coefficient (Wildman–Crippen LogP) is 3.43. The van der Waals surface area contributed by atoms with Gasteiger partial charge in [0.2, 0.25) is 5.78 Å². The Morgan fingerprint density at radius 2 is 1.10 bits per heavy atom. The van der Waals surface area contributed by atoms with Crippen molar-refractivity contribution in [3.05, 3.63) is 46.4 Å². The average Bonchev–Trinajstić information content (AvgIpc) is 2.93. The van der Waals surface area contributed by atoms with E-state index in [0.717, 1.165) is 23.0 Å². The average molecular weight is 672 g/mol. The van der Waals surface area contributed by atoms with Crippen molar-refractivity contribution in [3.63, 3.8) is 0 Å². The first kappa shape index (κ1) is 31.3. The van der Waals surface area contributed by atoms with Crippen LogP contribution in [0.15, 0.2) is 36.4 Å². The number of ether oxygens (including phenoxy) is 2. The number of carbonyl (C=O) groups excluding carboxylic acids is 1. The van der Waals surface area contributed by atoms with Crippen LogP contribution in [0, 0.1) is 0 Å². The van der Waals surface area contributed by atoms with Crippen molar-refractivity contribution in [1.29, 1.82) is 0 Å². The van der Waals surface area contributed by atoms with Gasteiger partial charge in [-0.1, -0.05) is 23.2 Å². The number of nitrogens with one attached hydrogen (secondary N) is 2. The molecule has 40 heavy (non-hydrogen) atoms. The first-order chi connectivity index (χ1) is 19.0. The van der Waals surface area contributed by atoms with E-state index in [9.17, 15) is 21.6 Å². The molecule has 0 unspecified atom stereocenters. The molecule has 2 aliphatic heterocycles. The lowest BCUT2D eigenvalue weighted by molar-refractivity contribution is -0.123. The molecule has 2 N–H and O–H groups in total. The molecule has 2 aromatic carbocycles. The SMILES string of the molecule is O=C(COc1ccc(NS(=O)(=O)N2CCSCC2)cc1Cl)COc1ccc(NS(=O)(=O)N2CCSCC2)cc1Cl. The van der Waals surface area contributed by atoms with Crippen LogP contribution in [0.2, 0.25) is 10.0 Å². The van der Waals surface area contributed by atoms with Crippen LogP contribution in [0.4, 0.5) is 11.4 Å². The highest BCUT2D eigenvalue weighted by Crippen LogP contribution is 2.30. The zero-order chi connectivity index (χ0) is 28.8. The van der Waals surface area contributed by atoms with Crippen LogP contribution in [0.1, 0.15) is 0 Å². The van der Waals surface area contributed by atoms with Gasteiger partial charge < -0.3 is 9.47 Å². The van der Waals surface area contributed by atoms with Crippen molar-refractivity contribution in [2.45, 2.75) is 0 Å². The van der Waals surface area contributed by atoms with Gasteiger partial charge in [-0.2, -0.15) is 49.0 Å². The van der Waals surface area contributed by atoms with Gasteiger partial charge in [-0.15, -0.1) is 0 Å². The molecule has 2 aliphatic rings. The van der Waals surface area contributed by atoms with Crippen molar-refractivity contribution in [2.75, 3.05) is 71.8 Å². The number of Topliss-reactive ketones (excluding diaryl/α,β-unsaturated/α-hetero) is 1. The highest BCUT2D eigenvalue weighted by Gasteiger charge is 2.25. The Bertz CT molecular complexity index is 1310. The molecule has 0 spiro atoms. The summed E-state index contributed by atoms with van der Waals surface area (Å²) in [5.74, 6) is 2.95. The molecule has 2 saturated heterocycles. The van der Waals surface area contributed by atoms with E-state index >= 15 is 0 Å². The van der Waals surface area contributed by atoms with Gasteiger partial charge in [-0.25, -0.2) is 0 Å². The molecular formula is C23H28Cl2N4O7S4. The third-order valence-electron chi connectivity index (χ3n) is 5.75. The third-order valence-corrected chi connectivity index (χ3v) is 11.3. The molecular weight excluding hydrogens is 643 g/mol. The summed E-state index contributed by atoms with van der Waals surface area (Å²) in [7, 11) is -7.39.